The second kappa shape index (κ2) is 4.61. The Labute approximate surface area is 110 Å². The van der Waals surface area contributed by atoms with Crippen molar-refractivity contribution in [1.29, 1.82) is 0 Å². The summed E-state index contributed by atoms with van der Waals surface area (Å²) in [6.07, 6.45) is 1.44. The van der Waals surface area contributed by atoms with Gasteiger partial charge in [0.25, 0.3) is 0 Å². The van der Waals surface area contributed by atoms with E-state index in [1.807, 2.05) is 0 Å². The molecule has 0 spiro atoms. The highest BCUT2D eigenvalue weighted by Crippen LogP contribution is 2.69. The van der Waals surface area contributed by atoms with Gasteiger partial charge in [-0.1, -0.05) is 20.8 Å². The van der Waals surface area contributed by atoms with Gasteiger partial charge in [-0.2, -0.15) is 0 Å². The summed E-state index contributed by atoms with van der Waals surface area (Å²) >= 11 is 0. The molecule has 2 rings (SSSR count). The maximum Gasteiger partial charge on any atom is 0.129 e. The lowest BCUT2D eigenvalue weighted by atomic mass is 9.73. The molecule has 0 amide bonds. The van der Waals surface area contributed by atoms with Gasteiger partial charge in [-0.05, 0) is 42.9 Å². The van der Waals surface area contributed by atoms with Crippen LogP contribution in [0.5, 0.6) is 0 Å². The van der Waals surface area contributed by atoms with E-state index in [1.165, 1.54) is 0 Å². The fourth-order valence-corrected chi connectivity index (χ4v) is 4.38. The number of fused-ring (bicyclic) bond motifs is 1. The summed E-state index contributed by atoms with van der Waals surface area (Å²) in [5.74, 6) is 1.21. The molecule has 2 aliphatic rings. The molecule has 104 valence electrons. The molecule has 0 radical (unpaired) electrons. The van der Waals surface area contributed by atoms with Crippen molar-refractivity contribution in [2.75, 3.05) is 0 Å². The lowest BCUT2D eigenvalue weighted by molar-refractivity contribution is -0.117. The topological polar surface area (TPSA) is 57.5 Å². The molecule has 2 saturated carbocycles. The molecule has 0 saturated heterocycles. The predicted octanol–water partition coefficient (Wildman–Crippen LogP) is 2.01. The molecule has 6 unspecified atom stereocenters. The van der Waals surface area contributed by atoms with Crippen LogP contribution in [0.2, 0.25) is 0 Å². The Balaban J connectivity index is 2.07. The Bertz CT molecular complexity index is 339. The Morgan fingerprint density at radius 3 is 2.50 bits per heavy atom. The summed E-state index contributed by atoms with van der Waals surface area (Å²) in [6, 6.07) is 0. The van der Waals surface area contributed by atoms with Crippen LogP contribution < -0.4 is 0 Å². The number of ketones is 1. The van der Waals surface area contributed by atoms with E-state index in [9.17, 15) is 15.0 Å². The van der Waals surface area contributed by atoms with Gasteiger partial charge in [-0.15, -0.1) is 0 Å². The van der Waals surface area contributed by atoms with Gasteiger partial charge < -0.3 is 15.0 Å². The molecule has 0 aliphatic heterocycles. The first kappa shape index (κ1) is 14.0. The number of carbonyl (C=O) groups excluding carboxylic acids is 1. The van der Waals surface area contributed by atoms with Gasteiger partial charge in [0, 0.05) is 12.3 Å². The third-order valence-electron chi connectivity index (χ3n) is 5.37. The Morgan fingerprint density at radius 1 is 1.39 bits per heavy atom. The molecule has 2 aliphatic carbocycles. The van der Waals surface area contributed by atoms with Crippen LogP contribution in [0.25, 0.3) is 0 Å². The van der Waals surface area contributed by atoms with Gasteiger partial charge in [-0.25, -0.2) is 0 Å². The van der Waals surface area contributed by atoms with Crippen molar-refractivity contribution in [3.8, 4) is 0 Å². The molecule has 2 fully saturated rings. The SMILES string of the molecule is CC(=O)CCC1C2C(O)C(C(C)C)C(O)CC12C. The van der Waals surface area contributed by atoms with Crippen LogP contribution in [0.1, 0.15) is 47.0 Å². The fourth-order valence-electron chi connectivity index (χ4n) is 4.38. The average Bonchev–Trinajstić information content (AvgIpc) is 2.79. The van der Waals surface area contributed by atoms with E-state index in [4.69, 9.17) is 0 Å². The molecule has 0 bridgehead atoms. The van der Waals surface area contributed by atoms with Crippen molar-refractivity contribution < 1.29 is 15.0 Å². The Kier molecular flexibility index (Phi) is 3.58. The second-order valence-electron chi connectivity index (χ2n) is 6.96. The lowest BCUT2D eigenvalue weighted by Gasteiger charge is -2.37. The van der Waals surface area contributed by atoms with Crippen molar-refractivity contribution in [2.24, 2.45) is 29.1 Å². The van der Waals surface area contributed by atoms with Gasteiger partial charge in [0.2, 0.25) is 0 Å². The maximum absolute atomic E-state index is 11.1. The standard InChI is InChI=1S/C15H26O3/c1-8(2)12-11(17)7-15(4)10(6-5-9(3)16)13(15)14(12)18/h8,10-14,17-18H,5-7H2,1-4H3. The van der Waals surface area contributed by atoms with E-state index in [0.717, 1.165) is 12.8 Å². The molecule has 18 heavy (non-hydrogen) atoms. The highest BCUT2D eigenvalue weighted by Gasteiger charge is 2.68. The fraction of sp³-hybridized carbons (Fsp3) is 0.933. The minimum atomic E-state index is -0.407. The van der Waals surface area contributed by atoms with Crippen LogP contribution in [-0.4, -0.2) is 28.2 Å². The highest BCUT2D eigenvalue weighted by molar-refractivity contribution is 5.75. The van der Waals surface area contributed by atoms with Crippen molar-refractivity contribution >= 4 is 5.78 Å². The summed E-state index contributed by atoms with van der Waals surface area (Å²) < 4.78 is 0. The van der Waals surface area contributed by atoms with E-state index >= 15 is 0 Å². The number of aliphatic hydroxyl groups excluding tert-OH is 2. The van der Waals surface area contributed by atoms with Crippen LogP contribution >= 0.6 is 0 Å². The molecular weight excluding hydrogens is 228 g/mol. The van der Waals surface area contributed by atoms with Crippen LogP contribution in [0.3, 0.4) is 0 Å². The molecule has 2 N–H and O–H groups in total. The minimum absolute atomic E-state index is 0.00889. The van der Waals surface area contributed by atoms with Crippen LogP contribution in [0, 0.1) is 29.1 Å². The van der Waals surface area contributed by atoms with Crippen LogP contribution in [-0.2, 0) is 4.79 Å². The number of hydrogen-bond donors (Lipinski definition) is 2. The molecule has 3 heteroatoms. The normalized spacial score (nSPS) is 46.9. The number of rotatable bonds is 4. The van der Waals surface area contributed by atoms with Gasteiger partial charge in [0.05, 0.1) is 12.2 Å². The Hall–Kier alpha value is -0.410. The molecule has 0 aromatic rings. The zero-order valence-electron chi connectivity index (χ0n) is 11.9. The molecule has 0 aromatic heterocycles. The van der Waals surface area contributed by atoms with Crippen LogP contribution in [0.15, 0.2) is 0 Å². The zero-order chi connectivity index (χ0) is 13.7. The lowest BCUT2D eigenvalue weighted by Crippen LogP contribution is -2.43. The van der Waals surface area contributed by atoms with Gasteiger partial charge in [0.1, 0.15) is 5.78 Å². The molecule has 3 nitrogen and oxygen atoms in total. The van der Waals surface area contributed by atoms with E-state index in [1.54, 1.807) is 6.92 Å². The third kappa shape index (κ3) is 2.12. The molecular formula is C15H26O3. The zero-order valence-corrected chi connectivity index (χ0v) is 11.9. The largest absolute Gasteiger partial charge is 0.393 e. The van der Waals surface area contributed by atoms with Crippen molar-refractivity contribution in [3.63, 3.8) is 0 Å². The first-order chi connectivity index (χ1) is 8.29. The van der Waals surface area contributed by atoms with E-state index in [2.05, 4.69) is 20.8 Å². The third-order valence-corrected chi connectivity index (χ3v) is 5.37. The minimum Gasteiger partial charge on any atom is -0.393 e. The predicted molar refractivity (Wildman–Crippen MR) is 70.0 cm³/mol. The number of carbonyl (C=O) groups is 1. The van der Waals surface area contributed by atoms with Crippen molar-refractivity contribution in [1.82, 2.24) is 0 Å². The van der Waals surface area contributed by atoms with Crippen molar-refractivity contribution in [3.05, 3.63) is 0 Å². The second-order valence-corrected chi connectivity index (χ2v) is 6.96. The molecule has 0 heterocycles. The first-order valence-electron chi connectivity index (χ1n) is 7.14. The first-order valence-corrected chi connectivity index (χ1v) is 7.14. The number of hydrogen-bond acceptors (Lipinski definition) is 3. The molecule has 6 atom stereocenters. The highest BCUT2D eigenvalue weighted by atomic mass is 16.3. The van der Waals surface area contributed by atoms with Gasteiger partial charge in [0.15, 0.2) is 0 Å². The number of aliphatic hydroxyl groups is 2. The Morgan fingerprint density at radius 2 is 2.00 bits per heavy atom. The van der Waals surface area contributed by atoms with E-state index in [-0.39, 0.29) is 23.0 Å². The number of Topliss-reactive ketones (excluding diaryl/α,β-unsaturated/α-hetero) is 1. The van der Waals surface area contributed by atoms with E-state index < -0.39 is 12.2 Å². The van der Waals surface area contributed by atoms with Crippen molar-refractivity contribution in [2.45, 2.75) is 59.2 Å². The average molecular weight is 254 g/mol. The summed E-state index contributed by atoms with van der Waals surface area (Å²) in [4.78, 5) is 11.1. The summed E-state index contributed by atoms with van der Waals surface area (Å²) in [5.41, 5.74) is 0.0552. The summed E-state index contributed by atoms with van der Waals surface area (Å²) in [6.45, 7) is 7.90. The smallest absolute Gasteiger partial charge is 0.129 e. The summed E-state index contributed by atoms with van der Waals surface area (Å²) in [5, 5.41) is 20.7. The van der Waals surface area contributed by atoms with Crippen LogP contribution in [0.4, 0.5) is 0 Å². The monoisotopic (exact) mass is 254 g/mol. The quantitative estimate of drug-likeness (QED) is 0.807. The van der Waals surface area contributed by atoms with Gasteiger partial charge in [-0.3, -0.25) is 0 Å². The molecule has 0 aromatic carbocycles. The van der Waals surface area contributed by atoms with Gasteiger partial charge >= 0.3 is 0 Å². The van der Waals surface area contributed by atoms with E-state index in [0.29, 0.717) is 18.3 Å². The summed E-state index contributed by atoms with van der Waals surface area (Å²) in [7, 11) is 0. The maximum atomic E-state index is 11.1.